The van der Waals surface area contributed by atoms with Crippen molar-refractivity contribution >= 4 is 21.6 Å². The third-order valence-corrected chi connectivity index (χ3v) is 6.67. The summed E-state index contributed by atoms with van der Waals surface area (Å²) in [6, 6.07) is 13.2. The van der Waals surface area contributed by atoms with Crippen molar-refractivity contribution in [1.29, 1.82) is 0 Å². The molecule has 0 unspecified atom stereocenters. The maximum absolute atomic E-state index is 12.6. The first-order valence-electron chi connectivity index (χ1n) is 10.4. The predicted octanol–water partition coefficient (Wildman–Crippen LogP) is 3.23. The molecule has 31 heavy (non-hydrogen) atoms. The molecule has 0 saturated carbocycles. The van der Waals surface area contributed by atoms with Gasteiger partial charge in [-0.15, -0.1) is 0 Å². The van der Waals surface area contributed by atoms with E-state index in [0.29, 0.717) is 24.8 Å². The van der Waals surface area contributed by atoms with Crippen LogP contribution in [0.3, 0.4) is 0 Å². The number of hydrogen-bond donors (Lipinski definition) is 2. The minimum absolute atomic E-state index is 0.0434. The van der Waals surface area contributed by atoms with E-state index in [1.807, 2.05) is 0 Å². The smallest absolute Gasteiger partial charge is 0.246 e. The standard InChI is InChI=1S/C23H33N3O4S/c1-6-30-21-12-11-20(15-22(21)31(28,29)26(4)5)25-16-23(27)24-14-13-18-7-9-19(10-8-18)17(2)3/h7-12,15,17,25H,6,13-14,16H2,1-5H3,(H,24,27). The van der Waals surface area contributed by atoms with Gasteiger partial charge in [0.2, 0.25) is 15.9 Å². The van der Waals surface area contributed by atoms with Gasteiger partial charge in [0.25, 0.3) is 0 Å². The van der Waals surface area contributed by atoms with Crippen LogP contribution in [0.5, 0.6) is 5.75 Å². The Morgan fingerprint density at radius 3 is 2.35 bits per heavy atom. The van der Waals surface area contributed by atoms with Crippen LogP contribution in [0.1, 0.15) is 37.8 Å². The molecule has 1 amide bonds. The Morgan fingerprint density at radius 1 is 1.10 bits per heavy atom. The minimum Gasteiger partial charge on any atom is -0.492 e. The van der Waals surface area contributed by atoms with Crippen LogP contribution in [-0.2, 0) is 21.2 Å². The Kier molecular flexibility index (Phi) is 8.88. The summed E-state index contributed by atoms with van der Waals surface area (Å²) in [6.07, 6.45) is 0.748. The van der Waals surface area contributed by atoms with E-state index < -0.39 is 10.0 Å². The van der Waals surface area contributed by atoms with E-state index in [0.717, 1.165) is 10.7 Å². The van der Waals surface area contributed by atoms with Crippen molar-refractivity contribution in [2.45, 2.75) is 38.0 Å². The molecule has 2 aromatic rings. The molecule has 0 fully saturated rings. The van der Waals surface area contributed by atoms with E-state index in [-0.39, 0.29) is 23.1 Å². The number of anilines is 1. The maximum Gasteiger partial charge on any atom is 0.246 e. The molecule has 2 N–H and O–H groups in total. The Hall–Kier alpha value is -2.58. The van der Waals surface area contributed by atoms with Crippen molar-refractivity contribution < 1.29 is 17.9 Å². The molecule has 170 valence electrons. The molecule has 0 radical (unpaired) electrons. The van der Waals surface area contributed by atoms with Gasteiger partial charge in [-0.25, -0.2) is 12.7 Å². The number of nitrogens with zero attached hydrogens (tertiary/aromatic N) is 1. The molecule has 7 nitrogen and oxygen atoms in total. The lowest BCUT2D eigenvalue weighted by molar-refractivity contribution is -0.119. The summed E-state index contributed by atoms with van der Waals surface area (Å²) in [5.74, 6) is 0.620. The Balaban J connectivity index is 1.92. The fraction of sp³-hybridized carbons (Fsp3) is 0.435. The van der Waals surface area contributed by atoms with Gasteiger partial charge in [0.15, 0.2) is 0 Å². The molecule has 0 bridgehead atoms. The Morgan fingerprint density at radius 2 is 1.77 bits per heavy atom. The first-order chi connectivity index (χ1) is 14.6. The summed E-state index contributed by atoms with van der Waals surface area (Å²) in [6.45, 7) is 7.04. The van der Waals surface area contributed by atoms with E-state index in [4.69, 9.17) is 4.74 Å². The van der Waals surface area contributed by atoms with Gasteiger partial charge in [0.1, 0.15) is 10.6 Å². The summed E-state index contributed by atoms with van der Waals surface area (Å²) in [5, 5.41) is 5.86. The van der Waals surface area contributed by atoms with Crippen LogP contribution in [0.15, 0.2) is 47.4 Å². The molecule has 0 saturated heterocycles. The molecule has 0 heterocycles. The van der Waals surface area contributed by atoms with Crippen molar-refractivity contribution in [2.24, 2.45) is 0 Å². The molecule has 0 aliphatic heterocycles. The van der Waals surface area contributed by atoms with Crippen molar-refractivity contribution in [3.05, 3.63) is 53.6 Å². The first kappa shape index (κ1) is 24.7. The van der Waals surface area contributed by atoms with Gasteiger partial charge in [-0.2, -0.15) is 0 Å². The average Bonchev–Trinajstić information content (AvgIpc) is 2.73. The van der Waals surface area contributed by atoms with Crippen molar-refractivity contribution in [1.82, 2.24) is 9.62 Å². The molecule has 8 heteroatoms. The SMILES string of the molecule is CCOc1ccc(NCC(=O)NCCc2ccc(C(C)C)cc2)cc1S(=O)(=O)N(C)C. The van der Waals surface area contributed by atoms with Crippen LogP contribution < -0.4 is 15.4 Å². The number of hydrogen-bond acceptors (Lipinski definition) is 5. The predicted molar refractivity (Wildman–Crippen MR) is 124 cm³/mol. The van der Waals surface area contributed by atoms with Crippen molar-refractivity contribution in [3.8, 4) is 5.75 Å². The van der Waals surface area contributed by atoms with Gasteiger partial charge >= 0.3 is 0 Å². The lowest BCUT2D eigenvalue weighted by Crippen LogP contribution is -2.31. The van der Waals surface area contributed by atoms with Crippen LogP contribution in [0.25, 0.3) is 0 Å². The normalized spacial score (nSPS) is 11.6. The molecular weight excluding hydrogens is 414 g/mol. The molecule has 0 atom stereocenters. The molecule has 2 aromatic carbocycles. The second-order valence-corrected chi connectivity index (χ2v) is 9.85. The van der Waals surface area contributed by atoms with Gasteiger partial charge in [-0.1, -0.05) is 38.1 Å². The van der Waals surface area contributed by atoms with Gasteiger partial charge < -0.3 is 15.4 Å². The minimum atomic E-state index is -3.68. The maximum atomic E-state index is 12.6. The molecule has 0 aliphatic rings. The number of amides is 1. The van der Waals surface area contributed by atoms with E-state index in [1.165, 1.54) is 31.3 Å². The summed E-state index contributed by atoms with van der Waals surface area (Å²) >= 11 is 0. The van der Waals surface area contributed by atoms with E-state index in [1.54, 1.807) is 19.1 Å². The summed E-state index contributed by atoms with van der Waals surface area (Å²) in [5.41, 5.74) is 2.99. The van der Waals surface area contributed by atoms with Crippen LogP contribution in [-0.4, -0.2) is 52.4 Å². The van der Waals surface area contributed by atoms with E-state index >= 15 is 0 Å². The van der Waals surface area contributed by atoms with Gasteiger partial charge in [-0.3, -0.25) is 4.79 Å². The fourth-order valence-electron chi connectivity index (χ4n) is 2.95. The fourth-order valence-corrected chi connectivity index (χ4v) is 4.00. The number of benzene rings is 2. The van der Waals surface area contributed by atoms with E-state index in [2.05, 4.69) is 48.7 Å². The van der Waals surface area contributed by atoms with Crippen LogP contribution >= 0.6 is 0 Å². The van der Waals surface area contributed by atoms with Gasteiger partial charge in [0.05, 0.1) is 13.2 Å². The van der Waals surface area contributed by atoms with Crippen molar-refractivity contribution in [3.63, 3.8) is 0 Å². The average molecular weight is 448 g/mol. The third-order valence-electron chi connectivity index (χ3n) is 4.84. The molecule has 0 spiro atoms. The topological polar surface area (TPSA) is 87.7 Å². The number of rotatable bonds is 11. The third kappa shape index (κ3) is 6.97. The Bertz CT molecular complexity index is 971. The first-order valence-corrected chi connectivity index (χ1v) is 11.9. The number of ether oxygens (including phenoxy) is 1. The summed E-state index contributed by atoms with van der Waals surface area (Å²) in [4.78, 5) is 12.2. The second-order valence-electron chi connectivity index (χ2n) is 7.73. The lowest BCUT2D eigenvalue weighted by Gasteiger charge is -2.17. The lowest BCUT2D eigenvalue weighted by atomic mass is 10.0. The molecular formula is C23H33N3O4S. The number of carbonyl (C=O) groups is 1. The van der Waals surface area contributed by atoms with Crippen LogP contribution in [0.4, 0.5) is 5.69 Å². The van der Waals surface area contributed by atoms with E-state index in [9.17, 15) is 13.2 Å². The number of carbonyl (C=O) groups excluding carboxylic acids is 1. The zero-order chi connectivity index (χ0) is 23.0. The van der Waals surface area contributed by atoms with Gasteiger partial charge in [0, 0.05) is 26.3 Å². The highest BCUT2D eigenvalue weighted by Gasteiger charge is 2.23. The van der Waals surface area contributed by atoms with Crippen LogP contribution in [0, 0.1) is 0 Å². The second kappa shape index (κ2) is 11.2. The van der Waals surface area contributed by atoms with Gasteiger partial charge in [-0.05, 0) is 48.6 Å². The Labute approximate surface area is 185 Å². The summed E-state index contributed by atoms with van der Waals surface area (Å²) in [7, 11) is -0.742. The quantitative estimate of drug-likeness (QED) is 0.552. The molecule has 2 rings (SSSR count). The molecule has 0 aliphatic carbocycles. The molecule has 0 aromatic heterocycles. The zero-order valence-electron chi connectivity index (χ0n) is 18.9. The largest absolute Gasteiger partial charge is 0.492 e. The number of nitrogens with one attached hydrogen (secondary N) is 2. The highest BCUT2D eigenvalue weighted by atomic mass is 32.2. The zero-order valence-corrected chi connectivity index (χ0v) is 19.8. The highest BCUT2D eigenvalue weighted by Crippen LogP contribution is 2.29. The number of sulfonamides is 1. The summed E-state index contributed by atoms with van der Waals surface area (Å²) < 4.78 is 31.8. The van der Waals surface area contributed by atoms with Crippen molar-refractivity contribution in [2.75, 3.05) is 39.1 Å². The highest BCUT2D eigenvalue weighted by molar-refractivity contribution is 7.89. The van der Waals surface area contributed by atoms with Crippen LogP contribution in [0.2, 0.25) is 0 Å². The monoisotopic (exact) mass is 447 g/mol.